The van der Waals surface area contributed by atoms with Crippen molar-refractivity contribution in [2.45, 2.75) is 25.8 Å². The van der Waals surface area contributed by atoms with E-state index < -0.39 is 0 Å². The average molecular weight is 252 g/mol. The Morgan fingerprint density at radius 2 is 2.05 bits per heavy atom. The molecule has 96 valence electrons. The van der Waals surface area contributed by atoms with Crippen LogP contribution in [0.1, 0.15) is 28.8 Å². The Morgan fingerprint density at radius 3 is 2.79 bits per heavy atom. The molecule has 3 heteroatoms. The maximum atomic E-state index is 12.0. The summed E-state index contributed by atoms with van der Waals surface area (Å²) in [7, 11) is 0. The lowest BCUT2D eigenvalue weighted by Gasteiger charge is -2.07. The number of benzene rings is 1. The van der Waals surface area contributed by atoms with Gasteiger partial charge in [-0.2, -0.15) is 0 Å². The van der Waals surface area contributed by atoms with Gasteiger partial charge in [0.15, 0.2) is 0 Å². The minimum atomic E-state index is -0.0227. The van der Waals surface area contributed by atoms with Gasteiger partial charge in [-0.25, -0.2) is 0 Å². The molecule has 1 saturated carbocycles. The molecule has 1 aromatic carbocycles. The summed E-state index contributed by atoms with van der Waals surface area (Å²) in [4.78, 5) is 16.2. The van der Waals surface area contributed by atoms with E-state index in [9.17, 15) is 4.79 Å². The summed E-state index contributed by atoms with van der Waals surface area (Å²) >= 11 is 0. The Hall–Kier alpha value is -2.16. The molecule has 3 nitrogen and oxygen atoms in total. The summed E-state index contributed by atoms with van der Waals surface area (Å²) in [6.45, 7) is 2.06. The first-order valence-electron chi connectivity index (χ1n) is 6.56. The topological polar surface area (TPSA) is 42.0 Å². The lowest BCUT2D eigenvalue weighted by molar-refractivity contribution is 0.0951. The van der Waals surface area contributed by atoms with Crippen molar-refractivity contribution in [3.05, 3.63) is 53.9 Å². The first-order chi connectivity index (χ1) is 9.24. The maximum absolute atomic E-state index is 12.0. The van der Waals surface area contributed by atoms with Gasteiger partial charge in [0.1, 0.15) is 0 Å². The Morgan fingerprint density at radius 1 is 1.26 bits per heavy atom. The van der Waals surface area contributed by atoms with Crippen LogP contribution in [0.2, 0.25) is 0 Å². The van der Waals surface area contributed by atoms with Crippen LogP contribution in [-0.4, -0.2) is 16.9 Å². The van der Waals surface area contributed by atoms with Gasteiger partial charge in [0.2, 0.25) is 0 Å². The molecular weight excluding hydrogens is 236 g/mol. The molecule has 0 saturated heterocycles. The van der Waals surface area contributed by atoms with E-state index in [1.807, 2.05) is 18.2 Å². The van der Waals surface area contributed by atoms with E-state index in [4.69, 9.17) is 0 Å². The predicted octanol–water partition coefficient (Wildman–Crippen LogP) is 2.95. The third-order valence-corrected chi connectivity index (χ3v) is 3.37. The Bertz CT molecular complexity index is 618. The van der Waals surface area contributed by atoms with E-state index in [1.54, 1.807) is 12.4 Å². The first kappa shape index (κ1) is 11.9. The van der Waals surface area contributed by atoms with Crippen molar-refractivity contribution in [1.29, 1.82) is 0 Å². The standard InChI is InChI=1S/C16H16N2O/c1-11-4-2-3-5-15(11)12-8-13(10-17-9-12)16(19)18-14-6-7-14/h2-5,8-10,14H,6-7H2,1H3,(H,18,19). The van der Waals surface area contributed by atoms with Crippen LogP contribution in [0.5, 0.6) is 0 Å². The molecule has 0 bridgehead atoms. The number of pyridine rings is 1. The molecule has 0 spiro atoms. The zero-order valence-electron chi connectivity index (χ0n) is 10.9. The van der Waals surface area contributed by atoms with Gasteiger partial charge in [0.05, 0.1) is 5.56 Å². The Labute approximate surface area is 112 Å². The SMILES string of the molecule is Cc1ccccc1-c1cncc(C(=O)NC2CC2)c1. The first-order valence-corrected chi connectivity index (χ1v) is 6.56. The van der Waals surface area contributed by atoms with Crippen LogP contribution < -0.4 is 5.32 Å². The largest absolute Gasteiger partial charge is 0.349 e. The number of carbonyl (C=O) groups excluding carboxylic acids is 1. The second-order valence-electron chi connectivity index (χ2n) is 5.02. The van der Waals surface area contributed by atoms with Crippen molar-refractivity contribution in [2.24, 2.45) is 0 Å². The second kappa shape index (κ2) is 4.84. The highest BCUT2D eigenvalue weighted by molar-refractivity contribution is 5.95. The van der Waals surface area contributed by atoms with E-state index in [0.29, 0.717) is 11.6 Å². The number of hydrogen-bond acceptors (Lipinski definition) is 2. The van der Waals surface area contributed by atoms with Crippen molar-refractivity contribution in [1.82, 2.24) is 10.3 Å². The van der Waals surface area contributed by atoms with Crippen molar-refractivity contribution in [2.75, 3.05) is 0 Å². The number of rotatable bonds is 3. The molecule has 1 aliphatic carbocycles. The molecular formula is C16H16N2O. The highest BCUT2D eigenvalue weighted by Gasteiger charge is 2.24. The molecule has 19 heavy (non-hydrogen) atoms. The summed E-state index contributed by atoms with van der Waals surface area (Å²) in [6.07, 6.45) is 5.61. The van der Waals surface area contributed by atoms with Crippen molar-refractivity contribution in [3.63, 3.8) is 0 Å². The third kappa shape index (κ3) is 2.65. The number of nitrogens with zero attached hydrogens (tertiary/aromatic N) is 1. The van der Waals surface area contributed by atoms with Crippen LogP contribution in [0, 0.1) is 6.92 Å². The monoisotopic (exact) mass is 252 g/mol. The fourth-order valence-electron chi connectivity index (χ4n) is 2.10. The van der Waals surface area contributed by atoms with Gasteiger partial charge >= 0.3 is 0 Å². The van der Waals surface area contributed by atoms with E-state index in [1.165, 1.54) is 5.56 Å². The number of carbonyl (C=O) groups is 1. The number of amides is 1. The van der Waals surface area contributed by atoms with Gasteiger partial charge in [0.25, 0.3) is 5.91 Å². The molecule has 0 atom stereocenters. The van der Waals surface area contributed by atoms with E-state index in [0.717, 1.165) is 24.0 Å². The quantitative estimate of drug-likeness (QED) is 0.912. The number of aryl methyl sites for hydroxylation is 1. The minimum absolute atomic E-state index is 0.0227. The maximum Gasteiger partial charge on any atom is 0.253 e. The van der Waals surface area contributed by atoms with Gasteiger partial charge in [-0.15, -0.1) is 0 Å². The van der Waals surface area contributed by atoms with Crippen LogP contribution in [0.15, 0.2) is 42.7 Å². The number of aromatic nitrogens is 1. The molecule has 2 aromatic rings. The molecule has 1 aromatic heterocycles. The fraction of sp³-hybridized carbons (Fsp3) is 0.250. The van der Waals surface area contributed by atoms with Crippen LogP contribution >= 0.6 is 0 Å². The molecule has 1 heterocycles. The van der Waals surface area contributed by atoms with Gasteiger partial charge in [-0.05, 0) is 37.0 Å². The lowest BCUT2D eigenvalue weighted by Crippen LogP contribution is -2.25. The summed E-state index contributed by atoms with van der Waals surface area (Å²) < 4.78 is 0. The molecule has 3 rings (SSSR count). The zero-order valence-corrected chi connectivity index (χ0v) is 10.9. The molecule has 1 aliphatic rings. The number of hydrogen-bond donors (Lipinski definition) is 1. The zero-order chi connectivity index (χ0) is 13.2. The smallest absolute Gasteiger partial charge is 0.253 e. The fourth-order valence-corrected chi connectivity index (χ4v) is 2.10. The van der Waals surface area contributed by atoms with Crippen molar-refractivity contribution >= 4 is 5.91 Å². The van der Waals surface area contributed by atoms with E-state index in [-0.39, 0.29) is 5.91 Å². The van der Waals surface area contributed by atoms with E-state index in [2.05, 4.69) is 29.4 Å². The average Bonchev–Trinajstić information content (AvgIpc) is 3.23. The van der Waals surface area contributed by atoms with Gasteiger partial charge in [0, 0.05) is 24.0 Å². The van der Waals surface area contributed by atoms with Crippen molar-refractivity contribution in [3.8, 4) is 11.1 Å². The van der Waals surface area contributed by atoms with Gasteiger partial charge in [-0.1, -0.05) is 24.3 Å². The summed E-state index contributed by atoms with van der Waals surface area (Å²) in [5, 5.41) is 2.98. The highest BCUT2D eigenvalue weighted by atomic mass is 16.1. The highest BCUT2D eigenvalue weighted by Crippen LogP contribution is 2.24. The summed E-state index contributed by atoms with van der Waals surface area (Å²) in [6, 6.07) is 10.4. The van der Waals surface area contributed by atoms with Gasteiger partial charge < -0.3 is 5.32 Å². The minimum Gasteiger partial charge on any atom is -0.349 e. The second-order valence-corrected chi connectivity index (χ2v) is 5.02. The van der Waals surface area contributed by atoms with Crippen molar-refractivity contribution < 1.29 is 4.79 Å². The molecule has 1 N–H and O–H groups in total. The Kier molecular flexibility index (Phi) is 3.03. The molecule has 0 radical (unpaired) electrons. The van der Waals surface area contributed by atoms with Crippen LogP contribution in [-0.2, 0) is 0 Å². The third-order valence-electron chi connectivity index (χ3n) is 3.37. The summed E-state index contributed by atoms with van der Waals surface area (Å²) in [5.41, 5.74) is 3.93. The van der Waals surface area contributed by atoms with Crippen LogP contribution in [0.4, 0.5) is 0 Å². The molecule has 1 amide bonds. The molecule has 1 fully saturated rings. The van der Waals surface area contributed by atoms with E-state index >= 15 is 0 Å². The predicted molar refractivity (Wildman–Crippen MR) is 74.9 cm³/mol. The normalized spacial score (nSPS) is 14.2. The number of nitrogens with one attached hydrogen (secondary N) is 1. The van der Waals surface area contributed by atoms with Gasteiger partial charge in [-0.3, -0.25) is 9.78 Å². The summed E-state index contributed by atoms with van der Waals surface area (Å²) in [5.74, 6) is -0.0227. The molecule has 0 aliphatic heterocycles. The van der Waals surface area contributed by atoms with Crippen LogP contribution in [0.3, 0.4) is 0 Å². The Balaban J connectivity index is 1.91. The van der Waals surface area contributed by atoms with Crippen LogP contribution in [0.25, 0.3) is 11.1 Å². The molecule has 0 unspecified atom stereocenters. The lowest BCUT2D eigenvalue weighted by atomic mass is 10.0.